The minimum Gasteiger partial charge on any atom is -0.385 e. The average molecular weight is 244 g/mol. The minimum atomic E-state index is -0.395. The molecule has 102 valence electrons. The topological polar surface area (TPSA) is 64.3 Å². The van der Waals surface area contributed by atoms with Gasteiger partial charge in [0, 0.05) is 20.3 Å². The highest BCUT2D eigenvalue weighted by Crippen LogP contribution is 2.18. The first-order chi connectivity index (χ1) is 7.78. The molecule has 0 aliphatic carbocycles. The zero-order chi connectivity index (χ0) is 13.5. The van der Waals surface area contributed by atoms with Crippen LogP contribution >= 0.6 is 0 Å². The van der Waals surface area contributed by atoms with Gasteiger partial charge in [0.15, 0.2) is 0 Å². The van der Waals surface area contributed by atoms with Crippen LogP contribution in [0.1, 0.15) is 40.5 Å². The van der Waals surface area contributed by atoms with Gasteiger partial charge in [-0.25, -0.2) is 0 Å². The summed E-state index contributed by atoms with van der Waals surface area (Å²) in [6, 6.07) is -0.395. The van der Waals surface area contributed by atoms with E-state index in [1.54, 1.807) is 7.11 Å². The molecule has 0 aromatic rings. The molecule has 17 heavy (non-hydrogen) atoms. The number of nitrogens with one attached hydrogen (secondary N) is 1. The monoisotopic (exact) mass is 244 g/mol. The number of carbonyl (C=O) groups is 1. The van der Waals surface area contributed by atoms with Crippen molar-refractivity contribution >= 4 is 5.91 Å². The van der Waals surface area contributed by atoms with E-state index >= 15 is 0 Å². The molecule has 0 radical (unpaired) electrons. The van der Waals surface area contributed by atoms with Crippen LogP contribution in [-0.4, -0.2) is 32.2 Å². The Morgan fingerprint density at radius 2 is 2.00 bits per heavy atom. The van der Waals surface area contributed by atoms with Gasteiger partial charge in [0.1, 0.15) is 0 Å². The van der Waals surface area contributed by atoms with E-state index in [-0.39, 0.29) is 11.3 Å². The standard InChI is InChI=1S/C13H28N2O2/c1-10(2)8-11(14)12(16)15-9-13(3,4)6-7-17-5/h10-11H,6-9,14H2,1-5H3,(H,15,16)/t11-/m0/s1. The highest BCUT2D eigenvalue weighted by atomic mass is 16.5. The second-order valence-electron chi connectivity index (χ2n) is 5.86. The fraction of sp³-hybridized carbons (Fsp3) is 0.923. The molecule has 0 aromatic carbocycles. The summed E-state index contributed by atoms with van der Waals surface area (Å²) in [5.74, 6) is 0.390. The van der Waals surface area contributed by atoms with Crippen molar-refractivity contribution in [1.29, 1.82) is 0 Å². The molecule has 1 amide bonds. The lowest BCUT2D eigenvalue weighted by Crippen LogP contribution is -2.44. The zero-order valence-corrected chi connectivity index (χ0v) is 11.9. The predicted octanol–water partition coefficient (Wildman–Crippen LogP) is 1.54. The molecular formula is C13H28N2O2. The van der Waals surface area contributed by atoms with Crippen molar-refractivity contribution in [3.05, 3.63) is 0 Å². The Bertz CT molecular complexity index is 227. The predicted molar refractivity (Wildman–Crippen MR) is 70.7 cm³/mol. The quantitative estimate of drug-likeness (QED) is 0.680. The van der Waals surface area contributed by atoms with E-state index < -0.39 is 6.04 Å². The van der Waals surface area contributed by atoms with Crippen LogP contribution in [0.3, 0.4) is 0 Å². The summed E-state index contributed by atoms with van der Waals surface area (Å²) in [5.41, 5.74) is 5.86. The van der Waals surface area contributed by atoms with Gasteiger partial charge in [0.05, 0.1) is 6.04 Å². The van der Waals surface area contributed by atoms with Crippen LogP contribution in [0.4, 0.5) is 0 Å². The molecule has 0 saturated carbocycles. The Labute approximate surface area is 105 Å². The molecule has 0 heterocycles. The van der Waals surface area contributed by atoms with Gasteiger partial charge in [-0.1, -0.05) is 27.7 Å². The van der Waals surface area contributed by atoms with Crippen LogP contribution in [0.2, 0.25) is 0 Å². The minimum absolute atomic E-state index is 0.0449. The van der Waals surface area contributed by atoms with Gasteiger partial charge in [-0.2, -0.15) is 0 Å². The Kier molecular flexibility index (Phi) is 7.39. The lowest BCUT2D eigenvalue weighted by atomic mass is 9.89. The van der Waals surface area contributed by atoms with Gasteiger partial charge < -0.3 is 15.8 Å². The van der Waals surface area contributed by atoms with Gasteiger partial charge >= 0.3 is 0 Å². The zero-order valence-electron chi connectivity index (χ0n) is 11.9. The van der Waals surface area contributed by atoms with E-state index in [4.69, 9.17) is 10.5 Å². The fourth-order valence-corrected chi connectivity index (χ4v) is 1.54. The molecule has 4 nitrogen and oxygen atoms in total. The van der Waals surface area contributed by atoms with E-state index in [2.05, 4.69) is 33.0 Å². The summed E-state index contributed by atoms with van der Waals surface area (Å²) < 4.78 is 5.05. The van der Waals surface area contributed by atoms with E-state index in [1.165, 1.54) is 0 Å². The van der Waals surface area contributed by atoms with Crippen molar-refractivity contribution in [3.8, 4) is 0 Å². The van der Waals surface area contributed by atoms with Gasteiger partial charge in [0.25, 0.3) is 0 Å². The summed E-state index contributed by atoms with van der Waals surface area (Å²) in [4.78, 5) is 11.7. The molecule has 0 rings (SSSR count). The first-order valence-electron chi connectivity index (χ1n) is 6.30. The molecule has 0 aromatic heterocycles. The average Bonchev–Trinajstić information content (AvgIpc) is 2.22. The Morgan fingerprint density at radius 3 is 2.47 bits per heavy atom. The van der Waals surface area contributed by atoms with Crippen LogP contribution in [0, 0.1) is 11.3 Å². The summed E-state index contributed by atoms with van der Waals surface area (Å²) >= 11 is 0. The summed E-state index contributed by atoms with van der Waals surface area (Å²) in [6.45, 7) is 9.70. The highest BCUT2D eigenvalue weighted by Gasteiger charge is 2.21. The maximum absolute atomic E-state index is 11.7. The molecule has 0 bridgehead atoms. The number of amides is 1. The van der Waals surface area contributed by atoms with Crippen molar-refractivity contribution in [2.24, 2.45) is 17.1 Å². The van der Waals surface area contributed by atoms with E-state index in [0.717, 1.165) is 12.8 Å². The van der Waals surface area contributed by atoms with Crippen LogP contribution in [0.5, 0.6) is 0 Å². The van der Waals surface area contributed by atoms with Gasteiger partial charge in [-0.05, 0) is 24.2 Å². The van der Waals surface area contributed by atoms with Crippen molar-refractivity contribution in [2.75, 3.05) is 20.3 Å². The molecule has 0 aliphatic heterocycles. The van der Waals surface area contributed by atoms with Crippen molar-refractivity contribution in [3.63, 3.8) is 0 Å². The second-order valence-corrected chi connectivity index (χ2v) is 5.86. The van der Waals surface area contributed by atoms with Gasteiger partial charge in [-0.15, -0.1) is 0 Å². The number of ether oxygens (including phenoxy) is 1. The Morgan fingerprint density at radius 1 is 1.41 bits per heavy atom. The maximum Gasteiger partial charge on any atom is 0.236 e. The lowest BCUT2D eigenvalue weighted by Gasteiger charge is -2.25. The third-order valence-electron chi connectivity index (χ3n) is 2.79. The van der Waals surface area contributed by atoms with Crippen LogP contribution in [0.15, 0.2) is 0 Å². The van der Waals surface area contributed by atoms with E-state index in [1.807, 2.05) is 0 Å². The SMILES string of the molecule is COCCC(C)(C)CNC(=O)[C@@H](N)CC(C)C. The third kappa shape index (κ3) is 8.16. The van der Waals surface area contributed by atoms with Crippen LogP contribution in [0.25, 0.3) is 0 Å². The molecule has 0 aliphatic rings. The first-order valence-corrected chi connectivity index (χ1v) is 6.30. The number of rotatable bonds is 8. The third-order valence-corrected chi connectivity index (χ3v) is 2.79. The summed E-state index contributed by atoms with van der Waals surface area (Å²) in [7, 11) is 1.69. The molecule has 3 N–H and O–H groups in total. The second kappa shape index (κ2) is 7.67. The lowest BCUT2D eigenvalue weighted by molar-refractivity contribution is -0.123. The van der Waals surface area contributed by atoms with Crippen LogP contribution in [-0.2, 0) is 9.53 Å². The van der Waals surface area contributed by atoms with Gasteiger partial charge in [-0.3, -0.25) is 4.79 Å². The normalized spacial score (nSPS) is 13.8. The largest absolute Gasteiger partial charge is 0.385 e. The fourth-order valence-electron chi connectivity index (χ4n) is 1.54. The molecule has 0 unspecified atom stereocenters. The first kappa shape index (κ1) is 16.4. The Hall–Kier alpha value is -0.610. The van der Waals surface area contributed by atoms with Gasteiger partial charge in [0.2, 0.25) is 5.91 Å². The Balaban J connectivity index is 3.97. The summed E-state index contributed by atoms with van der Waals surface area (Å²) in [5, 5.41) is 2.92. The molecule has 1 atom stereocenters. The maximum atomic E-state index is 11.7. The van der Waals surface area contributed by atoms with Crippen molar-refractivity contribution < 1.29 is 9.53 Å². The number of methoxy groups -OCH3 is 1. The number of nitrogens with two attached hydrogens (primary N) is 1. The molecule has 0 spiro atoms. The molecule has 0 saturated heterocycles. The molecular weight excluding hydrogens is 216 g/mol. The van der Waals surface area contributed by atoms with Crippen molar-refractivity contribution in [2.45, 2.75) is 46.6 Å². The number of hydrogen-bond acceptors (Lipinski definition) is 3. The smallest absolute Gasteiger partial charge is 0.236 e. The van der Waals surface area contributed by atoms with Crippen LogP contribution < -0.4 is 11.1 Å². The number of hydrogen-bond donors (Lipinski definition) is 2. The molecule has 0 fully saturated rings. The van der Waals surface area contributed by atoms with E-state index in [9.17, 15) is 4.79 Å². The van der Waals surface area contributed by atoms with Crippen molar-refractivity contribution in [1.82, 2.24) is 5.32 Å². The number of carbonyl (C=O) groups excluding carboxylic acids is 1. The molecule has 4 heteroatoms. The van der Waals surface area contributed by atoms with E-state index in [0.29, 0.717) is 19.1 Å². The highest BCUT2D eigenvalue weighted by molar-refractivity contribution is 5.81. The summed E-state index contributed by atoms with van der Waals surface area (Å²) in [6.07, 6.45) is 1.65.